The van der Waals surface area contributed by atoms with Gasteiger partial charge < -0.3 is 0 Å². The van der Waals surface area contributed by atoms with E-state index in [4.69, 9.17) is 0 Å². The lowest BCUT2D eigenvalue weighted by Gasteiger charge is -2.36. The Kier molecular flexibility index (Phi) is 4.03. The van der Waals surface area contributed by atoms with Crippen LogP contribution in [0.4, 0.5) is 0 Å². The molecule has 0 aromatic heterocycles. The summed E-state index contributed by atoms with van der Waals surface area (Å²) in [6.45, 7) is 15.8. The van der Waals surface area contributed by atoms with Crippen LogP contribution in [0.2, 0.25) is 0 Å². The number of rotatable bonds is 1. The van der Waals surface area contributed by atoms with E-state index in [1.54, 1.807) is 0 Å². The van der Waals surface area contributed by atoms with E-state index in [0.717, 1.165) is 11.6 Å². The molecule has 2 unspecified atom stereocenters. The average molecular weight is 259 g/mol. The maximum Gasteiger partial charge on any atom is 0.0408 e. The molecule has 0 aromatic rings. The Balaban J connectivity index is 2.29. The second-order valence-corrected chi connectivity index (χ2v) is 7.34. The lowest BCUT2D eigenvalue weighted by molar-refractivity contribution is 0.241. The first-order valence-corrected chi connectivity index (χ1v) is 7.74. The van der Waals surface area contributed by atoms with Gasteiger partial charge in [0.1, 0.15) is 0 Å². The van der Waals surface area contributed by atoms with Gasteiger partial charge in [0.25, 0.3) is 0 Å². The zero-order valence-corrected chi connectivity index (χ0v) is 13.3. The van der Waals surface area contributed by atoms with Crippen LogP contribution in [-0.4, -0.2) is 5.71 Å². The number of hydrogen-bond donors (Lipinski definition) is 0. The molecule has 0 amide bonds. The SMILES string of the molecule is C=C1C(C)=NC(C)=C(C)C1C1CCCCC(C)(C)C1. The zero-order valence-electron chi connectivity index (χ0n) is 13.3. The van der Waals surface area contributed by atoms with Crippen LogP contribution in [0.5, 0.6) is 0 Å². The average Bonchev–Trinajstić information content (AvgIpc) is 2.48. The topological polar surface area (TPSA) is 12.4 Å². The van der Waals surface area contributed by atoms with Gasteiger partial charge >= 0.3 is 0 Å². The summed E-state index contributed by atoms with van der Waals surface area (Å²) in [5, 5.41) is 0. The minimum Gasteiger partial charge on any atom is -0.258 e. The molecule has 106 valence electrons. The molecule has 0 aromatic carbocycles. The van der Waals surface area contributed by atoms with E-state index in [1.807, 2.05) is 0 Å². The Bertz CT molecular complexity index is 437. The number of aliphatic imine (C=N–C) groups is 1. The Morgan fingerprint density at radius 2 is 1.84 bits per heavy atom. The van der Waals surface area contributed by atoms with Crippen molar-refractivity contribution < 1.29 is 0 Å². The van der Waals surface area contributed by atoms with Crippen LogP contribution in [0.15, 0.2) is 28.4 Å². The molecule has 1 nitrogen and oxygen atoms in total. The lowest BCUT2D eigenvalue weighted by Crippen LogP contribution is -2.27. The van der Waals surface area contributed by atoms with Crippen molar-refractivity contribution in [1.29, 1.82) is 0 Å². The van der Waals surface area contributed by atoms with Gasteiger partial charge in [-0.2, -0.15) is 0 Å². The first-order valence-electron chi connectivity index (χ1n) is 7.74. The quantitative estimate of drug-likeness (QED) is 0.549. The predicted molar refractivity (Wildman–Crippen MR) is 84.5 cm³/mol. The van der Waals surface area contributed by atoms with E-state index >= 15 is 0 Å². The van der Waals surface area contributed by atoms with Crippen molar-refractivity contribution >= 4 is 5.71 Å². The van der Waals surface area contributed by atoms with E-state index in [2.05, 4.69) is 46.2 Å². The lowest BCUT2D eigenvalue weighted by atomic mass is 9.70. The van der Waals surface area contributed by atoms with Gasteiger partial charge in [-0.1, -0.05) is 33.3 Å². The summed E-state index contributed by atoms with van der Waals surface area (Å²) in [6.07, 6.45) is 6.81. The first-order chi connectivity index (χ1) is 8.82. The Hall–Kier alpha value is -0.850. The van der Waals surface area contributed by atoms with E-state index in [0.29, 0.717) is 11.3 Å². The van der Waals surface area contributed by atoms with Gasteiger partial charge in [-0.3, -0.25) is 4.99 Å². The zero-order chi connectivity index (χ0) is 14.2. The summed E-state index contributed by atoms with van der Waals surface area (Å²) in [6, 6.07) is 0. The van der Waals surface area contributed by atoms with Gasteiger partial charge in [0.2, 0.25) is 0 Å². The summed E-state index contributed by atoms with van der Waals surface area (Å²) in [5.74, 6) is 1.29. The maximum atomic E-state index is 4.65. The molecular weight excluding hydrogens is 230 g/mol. The predicted octanol–water partition coefficient (Wildman–Crippen LogP) is 5.53. The Morgan fingerprint density at radius 1 is 1.16 bits per heavy atom. The maximum absolute atomic E-state index is 4.65. The molecule has 1 heteroatoms. The minimum absolute atomic E-state index is 0.484. The molecule has 0 spiro atoms. The first kappa shape index (κ1) is 14.6. The molecule has 2 rings (SSSR count). The van der Waals surface area contributed by atoms with Crippen molar-refractivity contribution in [3.8, 4) is 0 Å². The van der Waals surface area contributed by atoms with Crippen molar-refractivity contribution in [2.24, 2.45) is 22.2 Å². The smallest absolute Gasteiger partial charge is 0.0408 e. The fourth-order valence-electron chi connectivity index (χ4n) is 3.97. The van der Waals surface area contributed by atoms with Crippen molar-refractivity contribution in [2.75, 3.05) is 0 Å². The molecule has 2 atom stereocenters. The number of hydrogen-bond acceptors (Lipinski definition) is 1. The summed E-state index contributed by atoms with van der Waals surface area (Å²) in [4.78, 5) is 4.65. The van der Waals surface area contributed by atoms with Crippen LogP contribution in [0.25, 0.3) is 0 Å². The van der Waals surface area contributed by atoms with Crippen LogP contribution < -0.4 is 0 Å². The van der Waals surface area contributed by atoms with Crippen molar-refractivity contribution in [3.05, 3.63) is 23.4 Å². The molecule has 1 aliphatic carbocycles. The van der Waals surface area contributed by atoms with Crippen LogP contribution in [0, 0.1) is 17.3 Å². The molecule has 0 N–H and O–H groups in total. The molecule has 1 heterocycles. The van der Waals surface area contributed by atoms with Gasteiger partial charge in [-0.15, -0.1) is 0 Å². The molecular formula is C18H29N. The molecule has 2 aliphatic rings. The molecule has 1 fully saturated rings. The van der Waals surface area contributed by atoms with Crippen LogP contribution in [0.3, 0.4) is 0 Å². The number of nitrogens with zero attached hydrogens (tertiary/aromatic N) is 1. The van der Waals surface area contributed by atoms with E-state index in [-0.39, 0.29) is 0 Å². The normalized spacial score (nSPS) is 32.1. The van der Waals surface area contributed by atoms with Gasteiger partial charge in [-0.05, 0) is 62.5 Å². The second-order valence-electron chi connectivity index (χ2n) is 7.34. The summed E-state index contributed by atoms with van der Waals surface area (Å²) < 4.78 is 0. The van der Waals surface area contributed by atoms with E-state index < -0.39 is 0 Å². The van der Waals surface area contributed by atoms with Crippen molar-refractivity contribution in [2.45, 2.75) is 66.7 Å². The highest BCUT2D eigenvalue weighted by Crippen LogP contribution is 2.45. The highest BCUT2D eigenvalue weighted by Gasteiger charge is 2.35. The van der Waals surface area contributed by atoms with Gasteiger partial charge in [0.05, 0.1) is 0 Å². The monoisotopic (exact) mass is 259 g/mol. The Labute approximate surface area is 118 Å². The third kappa shape index (κ3) is 3.01. The van der Waals surface area contributed by atoms with E-state index in [1.165, 1.54) is 48.9 Å². The second kappa shape index (κ2) is 5.26. The largest absolute Gasteiger partial charge is 0.258 e. The van der Waals surface area contributed by atoms with Crippen LogP contribution in [-0.2, 0) is 0 Å². The minimum atomic E-state index is 0.484. The summed E-state index contributed by atoms with van der Waals surface area (Å²) in [7, 11) is 0. The molecule has 0 radical (unpaired) electrons. The Morgan fingerprint density at radius 3 is 2.53 bits per heavy atom. The van der Waals surface area contributed by atoms with Gasteiger partial charge in [0.15, 0.2) is 0 Å². The van der Waals surface area contributed by atoms with E-state index in [9.17, 15) is 0 Å². The van der Waals surface area contributed by atoms with Gasteiger partial charge in [0, 0.05) is 17.3 Å². The summed E-state index contributed by atoms with van der Waals surface area (Å²) >= 11 is 0. The molecule has 1 saturated carbocycles. The summed E-state index contributed by atoms with van der Waals surface area (Å²) in [5.41, 5.74) is 5.58. The van der Waals surface area contributed by atoms with Crippen LogP contribution in [0.1, 0.15) is 66.7 Å². The number of allylic oxidation sites excluding steroid dienone is 3. The third-order valence-electron chi connectivity index (χ3n) is 5.18. The molecule has 1 aliphatic heterocycles. The fraction of sp³-hybridized carbons (Fsp3) is 0.722. The van der Waals surface area contributed by atoms with Crippen molar-refractivity contribution in [3.63, 3.8) is 0 Å². The fourth-order valence-corrected chi connectivity index (χ4v) is 3.97. The van der Waals surface area contributed by atoms with Crippen LogP contribution >= 0.6 is 0 Å². The molecule has 19 heavy (non-hydrogen) atoms. The highest BCUT2D eigenvalue weighted by atomic mass is 14.8. The van der Waals surface area contributed by atoms with Gasteiger partial charge in [-0.25, -0.2) is 0 Å². The molecule has 0 saturated heterocycles. The highest BCUT2D eigenvalue weighted by molar-refractivity contribution is 6.00. The third-order valence-corrected chi connectivity index (χ3v) is 5.18. The van der Waals surface area contributed by atoms with Crippen molar-refractivity contribution in [1.82, 2.24) is 0 Å². The molecule has 0 bridgehead atoms. The standard InChI is InChI=1S/C18H29N/c1-12-14(3)19-15(4)13(2)17(12)16-9-7-8-10-18(5,6)11-16/h16-17H,1,7-11H2,2-6H3.